The summed E-state index contributed by atoms with van der Waals surface area (Å²) in [6.45, 7) is 6.79. The Morgan fingerprint density at radius 3 is 2.14 bits per heavy atom. The van der Waals surface area contributed by atoms with E-state index in [4.69, 9.17) is 18.6 Å². The van der Waals surface area contributed by atoms with Gasteiger partial charge in [0.05, 0.1) is 24.2 Å². The van der Waals surface area contributed by atoms with Gasteiger partial charge in [0.2, 0.25) is 0 Å². The fourth-order valence-corrected chi connectivity index (χ4v) is 3.21. The van der Waals surface area contributed by atoms with Crippen molar-refractivity contribution in [1.29, 1.82) is 0 Å². The maximum atomic E-state index is 12.4. The van der Waals surface area contributed by atoms with Crippen molar-refractivity contribution < 1.29 is 28.2 Å². The Morgan fingerprint density at radius 2 is 1.46 bits per heavy atom. The summed E-state index contributed by atoms with van der Waals surface area (Å²) < 4.78 is 21.6. The summed E-state index contributed by atoms with van der Waals surface area (Å²) in [5, 5.41) is 0.741. The van der Waals surface area contributed by atoms with Crippen molar-refractivity contribution in [2.45, 2.75) is 67.7 Å². The molecule has 202 valence electrons. The Bertz CT molecular complexity index is 1190. The van der Waals surface area contributed by atoms with E-state index >= 15 is 0 Å². The van der Waals surface area contributed by atoms with Gasteiger partial charge in [0.15, 0.2) is 0 Å². The number of benzene rings is 2. The second-order valence-electron chi connectivity index (χ2n) is 9.00. The average Bonchev–Trinajstić information content (AvgIpc) is 2.85. The Labute approximate surface area is 219 Å². The zero-order valence-electron chi connectivity index (χ0n) is 20.5. The second-order valence-corrected chi connectivity index (χ2v) is 9.00. The first kappa shape index (κ1) is 31.4. The summed E-state index contributed by atoms with van der Waals surface area (Å²) in [5.74, 6) is 0.309. The maximum absolute atomic E-state index is 12.4. The van der Waals surface area contributed by atoms with Gasteiger partial charge in [-0.3, -0.25) is 4.79 Å². The second kappa shape index (κ2) is 14.8. The maximum Gasteiger partial charge on any atom is 0.343 e. The fourth-order valence-electron chi connectivity index (χ4n) is 3.21. The predicted octanol–water partition coefficient (Wildman–Crippen LogP) is 7.20. The zero-order valence-corrected chi connectivity index (χ0v) is 20.5. The van der Waals surface area contributed by atoms with E-state index in [9.17, 15) is 14.4 Å². The number of fused-ring (bicyclic) bond motifs is 1. The first-order chi connectivity index (χ1) is 16.8. The number of hydrogen-bond donors (Lipinski definition) is 0. The summed E-state index contributed by atoms with van der Waals surface area (Å²) in [6, 6.07) is 14.6. The highest BCUT2D eigenvalue weighted by molar-refractivity contribution is 5.91. The summed E-state index contributed by atoms with van der Waals surface area (Å²) >= 11 is 0. The molecule has 0 bridgehead atoms. The molecule has 7 nitrogen and oxygen atoms in total. The smallest absolute Gasteiger partial charge is 0.343 e. The van der Waals surface area contributed by atoms with Crippen LogP contribution >= 0.6 is 0 Å². The third kappa shape index (κ3) is 9.41. The van der Waals surface area contributed by atoms with Gasteiger partial charge in [0.25, 0.3) is 0 Å². The normalized spacial score (nSPS) is 10.7. The van der Waals surface area contributed by atoms with Gasteiger partial charge in [-0.25, -0.2) is 9.59 Å². The minimum Gasteiger partial charge on any atom is -0.494 e. The van der Waals surface area contributed by atoms with Crippen molar-refractivity contribution in [3.05, 3.63) is 70.6 Å². The van der Waals surface area contributed by atoms with E-state index in [-0.39, 0.29) is 20.8 Å². The third-order valence-corrected chi connectivity index (χ3v) is 5.87. The minimum atomic E-state index is -0.516. The molecule has 0 saturated carbocycles. The van der Waals surface area contributed by atoms with Crippen LogP contribution in [0, 0.1) is 5.41 Å². The van der Waals surface area contributed by atoms with E-state index in [1.165, 1.54) is 12.1 Å². The molecule has 0 spiro atoms. The molecule has 0 amide bonds. The van der Waals surface area contributed by atoms with Crippen molar-refractivity contribution in [3.63, 3.8) is 0 Å². The van der Waals surface area contributed by atoms with Crippen molar-refractivity contribution in [3.8, 4) is 11.5 Å². The molecule has 0 unspecified atom stereocenters. The molecule has 2 aromatic carbocycles. The minimum absolute atomic E-state index is 0. The lowest BCUT2D eigenvalue weighted by molar-refractivity contribution is -0.154. The molecule has 0 atom stereocenters. The Kier molecular flexibility index (Phi) is 12.6. The zero-order chi connectivity index (χ0) is 25.3. The van der Waals surface area contributed by atoms with Crippen LogP contribution in [0.1, 0.15) is 78.1 Å². The Morgan fingerprint density at radius 1 is 0.838 bits per heavy atom. The molecule has 1 heterocycles. The van der Waals surface area contributed by atoms with Crippen LogP contribution in [-0.4, -0.2) is 25.2 Å². The molecule has 0 radical (unpaired) electrons. The summed E-state index contributed by atoms with van der Waals surface area (Å²) in [7, 11) is 0. The standard InChI is InChI=1S/C28H32O7.2CH4/c1-4-28(2,3)27(31)33-18-8-6-5-7-17-32-22-13-10-21(11-14-22)26(30)34-23-15-9-20-12-16-25(29)35-24(20)19-23;;/h9-16,19H,4-8,17-18H2,1-3H3;2*1H4. The lowest BCUT2D eigenvalue weighted by Gasteiger charge is -2.20. The molecule has 3 aromatic rings. The van der Waals surface area contributed by atoms with E-state index < -0.39 is 17.0 Å². The molecule has 0 N–H and O–H groups in total. The molecule has 0 fully saturated rings. The van der Waals surface area contributed by atoms with Crippen LogP contribution < -0.4 is 15.1 Å². The molecule has 0 aliphatic heterocycles. The van der Waals surface area contributed by atoms with Gasteiger partial charge in [-0.05, 0) is 88.4 Å². The van der Waals surface area contributed by atoms with Crippen molar-refractivity contribution in [1.82, 2.24) is 0 Å². The van der Waals surface area contributed by atoms with Gasteiger partial charge in [-0.2, -0.15) is 0 Å². The number of unbranched alkanes of at least 4 members (excludes halogenated alkanes) is 3. The number of rotatable bonds is 12. The third-order valence-electron chi connectivity index (χ3n) is 5.87. The van der Waals surface area contributed by atoms with E-state index in [1.807, 2.05) is 20.8 Å². The van der Waals surface area contributed by atoms with Gasteiger partial charge < -0.3 is 18.6 Å². The van der Waals surface area contributed by atoms with Crippen LogP contribution in [0.3, 0.4) is 0 Å². The van der Waals surface area contributed by atoms with Gasteiger partial charge in [-0.1, -0.05) is 21.8 Å². The fraction of sp³-hybridized carbons (Fsp3) is 0.433. The van der Waals surface area contributed by atoms with Crippen molar-refractivity contribution in [2.24, 2.45) is 5.41 Å². The largest absolute Gasteiger partial charge is 0.494 e. The highest BCUT2D eigenvalue weighted by atomic mass is 16.5. The van der Waals surface area contributed by atoms with Crippen LogP contribution in [0.5, 0.6) is 11.5 Å². The molecule has 1 aromatic heterocycles. The number of hydrogen-bond acceptors (Lipinski definition) is 7. The van der Waals surface area contributed by atoms with Gasteiger partial charge in [0, 0.05) is 17.5 Å². The Balaban J connectivity index is 0.00000342. The van der Waals surface area contributed by atoms with Crippen LogP contribution in [0.2, 0.25) is 0 Å². The van der Waals surface area contributed by atoms with Gasteiger partial charge in [-0.15, -0.1) is 0 Å². The lowest BCUT2D eigenvalue weighted by Crippen LogP contribution is -2.26. The highest BCUT2D eigenvalue weighted by Gasteiger charge is 2.26. The van der Waals surface area contributed by atoms with Crippen LogP contribution in [0.4, 0.5) is 0 Å². The summed E-state index contributed by atoms with van der Waals surface area (Å²) in [5.41, 5.74) is -0.148. The molecule has 0 saturated heterocycles. The molecule has 0 aliphatic carbocycles. The summed E-state index contributed by atoms with van der Waals surface area (Å²) in [6.07, 6.45) is 4.43. The van der Waals surface area contributed by atoms with Crippen LogP contribution in [0.15, 0.2) is 63.8 Å². The molecule has 3 rings (SSSR count). The van der Waals surface area contributed by atoms with E-state index in [0.29, 0.717) is 35.9 Å². The van der Waals surface area contributed by atoms with E-state index in [1.54, 1.807) is 42.5 Å². The van der Waals surface area contributed by atoms with E-state index in [2.05, 4.69) is 0 Å². The topological polar surface area (TPSA) is 92.0 Å². The molecular formula is C30H40O7. The lowest BCUT2D eigenvalue weighted by atomic mass is 9.91. The predicted molar refractivity (Wildman–Crippen MR) is 146 cm³/mol. The van der Waals surface area contributed by atoms with Crippen molar-refractivity contribution in [2.75, 3.05) is 13.2 Å². The summed E-state index contributed by atoms with van der Waals surface area (Å²) in [4.78, 5) is 35.7. The number of ether oxygens (including phenoxy) is 3. The van der Waals surface area contributed by atoms with Gasteiger partial charge >= 0.3 is 17.6 Å². The van der Waals surface area contributed by atoms with Crippen LogP contribution in [0.25, 0.3) is 11.0 Å². The quantitative estimate of drug-likeness (QED) is 0.110. The SMILES string of the molecule is C.C.CCC(C)(C)C(=O)OCCCCCCOc1ccc(C(=O)Oc2ccc3ccc(=O)oc3c2)cc1. The van der Waals surface area contributed by atoms with Crippen LogP contribution in [-0.2, 0) is 9.53 Å². The van der Waals surface area contributed by atoms with Crippen molar-refractivity contribution >= 4 is 22.9 Å². The van der Waals surface area contributed by atoms with Gasteiger partial charge in [0.1, 0.15) is 17.1 Å². The molecule has 0 aliphatic rings. The first-order valence-corrected chi connectivity index (χ1v) is 11.9. The molecule has 37 heavy (non-hydrogen) atoms. The van der Waals surface area contributed by atoms with E-state index in [0.717, 1.165) is 37.5 Å². The number of esters is 2. The number of carbonyl (C=O) groups is 2. The highest BCUT2D eigenvalue weighted by Crippen LogP contribution is 2.22. The average molecular weight is 513 g/mol. The molecule has 7 heteroatoms. The first-order valence-electron chi connectivity index (χ1n) is 11.9. The Hall–Kier alpha value is -3.61. The number of carbonyl (C=O) groups excluding carboxylic acids is 2. The molecular weight excluding hydrogens is 472 g/mol. The monoisotopic (exact) mass is 512 g/mol.